The smallest absolute Gasteiger partial charge is 0.162 e. The Bertz CT molecular complexity index is 623. The van der Waals surface area contributed by atoms with Crippen LogP contribution in [0, 0.1) is 11.5 Å². The summed E-state index contributed by atoms with van der Waals surface area (Å²) in [6, 6.07) is 20.8. The molecule has 0 fully saturated rings. The molecule has 0 aliphatic rings. The molecule has 0 bridgehead atoms. The third kappa shape index (κ3) is 5.18. The van der Waals surface area contributed by atoms with Crippen molar-refractivity contribution in [3.63, 3.8) is 0 Å². The lowest BCUT2D eigenvalue weighted by Crippen LogP contribution is -2.39. The molecule has 0 spiro atoms. The summed E-state index contributed by atoms with van der Waals surface area (Å²) in [5.74, 6) is 3.22. The second-order valence-corrected chi connectivity index (χ2v) is 10.3. The van der Waals surface area contributed by atoms with Gasteiger partial charge in [-0.3, -0.25) is 0 Å². The number of aryl methyl sites for hydroxylation is 1. The summed E-state index contributed by atoms with van der Waals surface area (Å²) in [6.07, 6.45) is 1.90. The van der Waals surface area contributed by atoms with Crippen molar-refractivity contribution in [3.05, 3.63) is 66.2 Å². The second-order valence-electron chi connectivity index (χ2n) is 6.18. The molecule has 0 aliphatic heterocycles. The molecule has 114 valence electrons. The highest BCUT2D eigenvalue weighted by molar-refractivity contribution is 6.96. The van der Waals surface area contributed by atoms with Crippen molar-refractivity contribution in [3.8, 4) is 11.5 Å². The van der Waals surface area contributed by atoms with Gasteiger partial charge in [0.05, 0.1) is 6.10 Å². The van der Waals surface area contributed by atoms with Gasteiger partial charge >= 0.3 is 0 Å². The van der Waals surface area contributed by atoms with Crippen LogP contribution in [0.3, 0.4) is 0 Å². The van der Waals surface area contributed by atoms with Crippen molar-refractivity contribution in [1.82, 2.24) is 0 Å². The van der Waals surface area contributed by atoms with E-state index in [1.54, 1.807) is 0 Å². The normalized spacial score (nSPS) is 12.3. The van der Waals surface area contributed by atoms with Crippen LogP contribution in [0.25, 0.3) is 0 Å². The molecule has 0 aliphatic carbocycles. The molecule has 0 saturated carbocycles. The quantitative estimate of drug-likeness (QED) is 0.662. The van der Waals surface area contributed by atoms with E-state index in [9.17, 15) is 5.11 Å². The first-order valence-electron chi connectivity index (χ1n) is 7.85. The zero-order valence-electron chi connectivity index (χ0n) is 13.4. The Kier molecular flexibility index (Phi) is 6.00. The minimum atomic E-state index is -1.71. The van der Waals surface area contributed by atoms with Crippen molar-refractivity contribution >= 4 is 13.3 Å². The number of hydrogen-bond acceptors (Lipinski definition) is 1. The van der Waals surface area contributed by atoms with Gasteiger partial charge in [0.2, 0.25) is 0 Å². The van der Waals surface area contributed by atoms with E-state index >= 15 is 0 Å². The van der Waals surface area contributed by atoms with Gasteiger partial charge in [-0.05, 0) is 23.6 Å². The number of hydrogen-bond donors (Lipinski definition) is 1. The Balaban J connectivity index is 1.85. The lowest BCUT2D eigenvalue weighted by Gasteiger charge is -2.15. The molecule has 1 atom stereocenters. The van der Waals surface area contributed by atoms with Gasteiger partial charge in [0.15, 0.2) is 8.07 Å². The molecular weight excluding hydrogens is 284 g/mol. The van der Waals surface area contributed by atoms with Crippen LogP contribution in [-0.4, -0.2) is 19.3 Å². The molecule has 0 saturated heterocycles. The zero-order chi connectivity index (χ0) is 15.8. The van der Waals surface area contributed by atoms with Crippen molar-refractivity contribution < 1.29 is 5.11 Å². The van der Waals surface area contributed by atoms with E-state index in [0.29, 0.717) is 6.42 Å². The summed E-state index contributed by atoms with van der Waals surface area (Å²) >= 11 is 0. The molecule has 2 aromatic rings. The summed E-state index contributed by atoms with van der Waals surface area (Å²) < 4.78 is 0. The van der Waals surface area contributed by atoms with Crippen molar-refractivity contribution in [1.29, 1.82) is 0 Å². The second kappa shape index (κ2) is 7.98. The first-order valence-corrected chi connectivity index (χ1v) is 10.9. The molecule has 0 radical (unpaired) electrons. The van der Waals surface area contributed by atoms with Gasteiger partial charge in [-0.2, -0.15) is 0 Å². The van der Waals surface area contributed by atoms with Crippen LogP contribution < -0.4 is 5.19 Å². The molecule has 0 aromatic heterocycles. The Morgan fingerprint density at radius 3 is 2.18 bits per heavy atom. The average molecular weight is 308 g/mol. The van der Waals surface area contributed by atoms with Crippen molar-refractivity contribution in [2.75, 3.05) is 0 Å². The monoisotopic (exact) mass is 308 g/mol. The van der Waals surface area contributed by atoms with E-state index in [2.05, 4.69) is 61.0 Å². The summed E-state index contributed by atoms with van der Waals surface area (Å²) in [4.78, 5) is 0. The minimum Gasteiger partial charge on any atom is -0.392 e. The minimum absolute atomic E-state index is 0.340. The van der Waals surface area contributed by atoms with Crippen LogP contribution in [0.4, 0.5) is 0 Å². The highest BCUT2D eigenvalue weighted by Gasteiger charge is 2.20. The molecule has 0 heterocycles. The Hall–Kier alpha value is -1.82. The Labute approximate surface area is 135 Å². The van der Waals surface area contributed by atoms with Gasteiger partial charge in [-0.25, -0.2) is 0 Å². The van der Waals surface area contributed by atoms with E-state index in [-0.39, 0.29) is 6.10 Å². The van der Waals surface area contributed by atoms with Crippen LogP contribution in [0.2, 0.25) is 13.1 Å². The van der Waals surface area contributed by atoms with Gasteiger partial charge in [-0.1, -0.05) is 73.8 Å². The maximum absolute atomic E-state index is 10.1. The predicted octanol–water partition coefficient (Wildman–Crippen LogP) is 3.53. The van der Waals surface area contributed by atoms with Crippen molar-refractivity contribution in [2.24, 2.45) is 0 Å². The molecule has 0 amide bonds. The summed E-state index contributed by atoms with van der Waals surface area (Å²) in [6.45, 7) is 4.51. The van der Waals surface area contributed by atoms with E-state index in [0.717, 1.165) is 12.8 Å². The van der Waals surface area contributed by atoms with E-state index in [4.69, 9.17) is 0 Å². The standard InChI is InChI=1S/C20H24OSi/c1-22(2,20-13-7-4-8-14-20)17-9-12-19(21)16-15-18-10-5-3-6-11-18/h3-8,10-11,13-14,19,21H,12,15-16H2,1-2H3. The average Bonchev–Trinajstić information content (AvgIpc) is 2.54. The van der Waals surface area contributed by atoms with Gasteiger partial charge in [0.1, 0.15) is 0 Å². The Morgan fingerprint density at radius 2 is 1.55 bits per heavy atom. The molecule has 22 heavy (non-hydrogen) atoms. The third-order valence-corrected chi connectivity index (χ3v) is 6.42. The summed E-state index contributed by atoms with van der Waals surface area (Å²) in [5, 5.41) is 11.4. The molecular formula is C20H24OSi. The molecule has 1 nitrogen and oxygen atoms in total. The zero-order valence-corrected chi connectivity index (χ0v) is 14.4. The first-order chi connectivity index (χ1) is 10.6. The molecule has 2 heteroatoms. The molecule has 2 aromatic carbocycles. The fraction of sp³-hybridized carbons (Fsp3) is 0.300. The molecule has 2 rings (SSSR count). The fourth-order valence-corrected chi connectivity index (χ4v) is 4.11. The number of rotatable bonds is 5. The summed E-state index contributed by atoms with van der Waals surface area (Å²) in [7, 11) is -1.71. The van der Waals surface area contributed by atoms with Gasteiger partial charge in [-0.15, -0.1) is 11.5 Å². The summed E-state index contributed by atoms with van der Waals surface area (Å²) in [5.41, 5.74) is 4.71. The topological polar surface area (TPSA) is 20.2 Å². The van der Waals surface area contributed by atoms with Crippen LogP contribution in [0.5, 0.6) is 0 Å². The number of benzene rings is 2. The highest BCUT2D eigenvalue weighted by Crippen LogP contribution is 2.07. The lowest BCUT2D eigenvalue weighted by molar-refractivity contribution is 0.170. The first kappa shape index (κ1) is 16.5. The Morgan fingerprint density at radius 1 is 0.955 bits per heavy atom. The van der Waals surface area contributed by atoms with Gasteiger partial charge in [0.25, 0.3) is 0 Å². The van der Waals surface area contributed by atoms with Crippen molar-refractivity contribution in [2.45, 2.75) is 38.5 Å². The fourth-order valence-electron chi connectivity index (χ4n) is 2.40. The molecule has 1 N–H and O–H groups in total. The van der Waals surface area contributed by atoms with E-state index < -0.39 is 8.07 Å². The highest BCUT2D eigenvalue weighted by atomic mass is 28.3. The van der Waals surface area contributed by atoms with Crippen LogP contribution >= 0.6 is 0 Å². The number of aliphatic hydroxyl groups excluding tert-OH is 1. The molecule has 1 unspecified atom stereocenters. The number of aliphatic hydroxyl groups is 1. The van der Waals surface area contributed by atoms with E-state index in [1.807, 2.05) is 24.3 Å². The van der Waals surface area contributed by atoms with Gasteiger partial charge in [0, 0.05) is 6.42 Å². The maximum atomic E-state index is 10.1. The van der Waals surface area contributed by atoms with E-state index in [1.165, 1.54) is 10.8 Å². The maximum Gasteiger partial charge on any atom is 0.162 e. The van der Waals surface area contributed by atoms with Crippen LogP contribution in [-0.2, 0) is 6.42 Å². The largest absolute Gasteiger partial charge is 0.392 e. The third-order valence-electron chi connectivity index (χ3n) is 3.84. The SMILES string of the molecule is C[Si](C)(C#CCC(O)CCc1ccccc1)c1ccccc1. The van der Waals surface area contributed by atoms with Gasteiger partial charge < -0.3 is 5.11 Å². The lowest BCUT2D eigenvalue weighted by atomic mass is 10.1. The predicted molar refractivity (Wildman–Crippen MR) is 96.7 cm³/mol. The van der Waals surface area contributed by atoms with Crippen LogP contribution in [0.1, 0.15) is 18.4 Å². The van der Waals surface area contributed by atoms with Crippen LogP contribution in [0.15, 0.2) is 60.7 Å².